The first-order valence-corrected chi connectivity index (χ1v) is 6.79. The fourth-order valence-corrected chi connectivity index (χ4v) is 2.38. The van der Waals surface area contributed by atoms with Gasteiger partial charge in [0.25, 0.3) is 0 Å². The lowest BCUT2D eigenvalue weighted by molar-refractivity contribution is 0.794. The smallest absolute Gasteiger partial charge is 0.0793 e. The van der Waals surface area contributed by atoms with Crippen molar-refractivity contribution in [3.05, 3.63) is 46.2 Å². The largest absolute Gasteiger partial charge is 0.237 e. The number of halogens is 1. The minimum absolute atomic E-state index is 0.353. The highest BCUT2D eigenvalue weighted by Crippen LogP contribution is 2.41. The SMILES string of the molecule is Cc1ccc(-n2nc(CC#N)cc2C2CC2)cc1Cl. The monoisotopic (exact) mass is 271 g/mol. The predicted molar refractivity (Wildman–Crippen MR) is 74.6 cm³/mol. The van der Waals surface area contributed by atoms with Gasteiger partial charge in [0.1, 0.15) is 0 Å². The van der Waals surface area contributed by atoms with Crippen LogP contribution in [0.1, 0.15) is 35.7 Å². The second-order valence-electron chi connectivity index (χ2n) is 5.01. The molecular formula is C15H14ClN3. The third kappa shape index (κ3) is 2.36. The Labute approximate surface area is 117 Å². The maximum atomic E-state index is 8.80. The van der Waals surface area contributed by atoms with Gasteiger partial charge < -0.3 is 0 Å². The first-order chi connectivity index (χ1) is 9.19. The molecule has 1 fully saturated rings. The van der Waals surface area contributed by atoms with Crippen molar-refractivity contribution >= 4 is 11.6 Å². The van der Waals surface area contributed by atoms with Gasteiger partial charge in [-0.3, -0.25) is 0 Å². The number of hydrogen-bond acceptors (Lipinski definition) is 2. The number of aryl methyl sites for hydroxylation is 1. The lowest BCUT2D eigenvalue weighted by Gasteiger charge is -2.08. The van der Waals surface area contributed by atoms with E-state index in [0.29, 0.717) is 12.3 Å². The van der Waals surface area contributed by atoms with Gasteiger partial charge in [-0.1, -0.05) is 17.7 Å². The van der Waals surface area contributed by atoms with E-state index >= 15 is 0 Å². The van der Waals surface area contributed by atoms with E-state index in [1.807, 2.05) is 29.8 Å². The van der Waals surface area contributed by atoms with E-state index in [4.69, 9.17) is 16.9 Å². The Kier molecular flexibility index (Phi) is 3.04. The third-order valence-electron chi connectivity index (χ3n) is 3.44. The number of rotatable bonds is 3. The molecule has 0 saturated heterocycles. The molecule has 1 saturated carbocycles. The van der Waals surface area contributed by atoms with Crippen LogP contribution >= 0.6 is 11.6 Å². The molecule has 0 N–H and O–H groups in total. The number of hydrogen-bond donors (Lipinski definition) is 0. The molecule has 4 heteroatoms. The second kappa shape index (κ2) is 4.71. The van der Waals surface area contributed by atoms with Crippen LogP contribution in [0.15, 0.2) is 24.3 Å². The number of nitrogens with zero attached hydrogens (tertiary/aromatic N) is 3. The topological polar surface area (TPSA) is 41.6 Å². The molecule has 0 spiro atoms. The van der Waals surface area contributed by atoms with E-state index in [1.54, 1.807) is 0 Å². The first-order valence-electron chi connectivity index (χ1n) is 6.41. The lowest BCUT2D eigenvalue weighted by atomic mass is 10.2. The van der Waals surface area contributed by atoms with Crippen molar-refractivity contribution in [3.8, 4) is 11.8 Å². The van der Waals surface area contributed by atoms with Crippen LogP contribution in [0, 0.1) is 18.3 Å². The van der Waals surface area contributed by atoms with E-state index in [-0.39, 0.29) is 0 Å². The van der Waals surface area contributed by atoms with E-state index in [0.717, 1.165) is 22.0 Å². The summed E-state index contributed by atoms with van der Waals surface area (Å²) >= 11 is 6.19. The zero-order valence-electron chi connectivity index (χ0n) is 10.7. The molecule has 0 atom stereocenters. The Balaban J connectivity index is 2.07. The van der Waals surface area contributed by atoms with Crippen LogP contribution in [-0.4, -0.2) is 9.78 Å². The summed E-state index contributed by atoms with van der Waals surface area (Å²) in [5.41, 5.74) is 4.07. The highest BCUT2D eigenvalue weighted by Gasteiger charge is 2.28. The van der Waals surface area contributed by atoms with Crippen molar-refractivity contribution in [3.63, 3.8) is 0 Å². The molecule has 0 aliphatic heterocycles. The Hall–Kier alpha value is -1.79. The summed E-state index contributed by atoms with van der Waals surface area (Å²) in [6.07, 6.45) is 2.76. The van der Waals surface area contributed by atoms with Gasteiger partial charge in [-0.05, 0) is 43.5 Å². The molecule has 1 heterocycles. The Bertz CT molecular complexity index is 663. The van der Waals surface area contributed by atoms with Crippen LogP contribution < -0.4 is 0 Å². The zero-order valence-corrected chi connectivity index (χ0v) is 11.5. The summed E-state index contributed by atoms with van der Waals surface area (Å²) in [5.74, 6) is 0.583. The van der Waals surface area contributed by atoms with Gasteiger partial charge in [0.2, 0.25) is 0 Å². The van der Waals surface area contributed by atoms with Gasteiger partial charge in [-0.25, -0.2) is 4.68 Å². The average molecular weight is 272 g/mol. The molecule has 0 amide bonds. The van der Waals surface area contributed by atoms with Crippen molar-refractivity contribution in [1.82, 2.24) is 9.78 Å². The molecule has 0 unspecified atom stereocenters. The fourth-order valence-electron chi connectivity index (χ4n) is 2.20. The zero-order chi connectivity index (χ0) is 13.4. The molecule has 1 aromatic heterocycles. The molecular weight excluding hydrogens is 258 g/mol. The molecule has 1 aliphatic rings. The van der Waals surface area contributed by atoms with E-state index in [2.05, 4.69) is 17.2 Å². The Morgan fingerprint density at radius 3 is 2.84 bits per heavy atom. The molecule has 3 nitrogen and oxygen atoms in total. The maximum Gasteiger partial charge on any atom is 0.0793 e. The number of benzene rings is 1. The van der Waals surface area contributed by atoms with Crippen molar-refractivity contribution in [1.29, 1.82) is 5.26 Å². The van der Waals surface area contributed by atoms with E-state index in [9.17, 15) is 0 Å². The normalized spacial score (nSPS) is 14.4. The third-order valence-corrected chi connectivity index (χ3v) is 3.85. The van der Waals surface area contributed by atoms with Crippen molar-refractivity contribution in [2.45, 2.75) is 32.1 Å². The van der Waals surface area contributed by atoms with E-state index < -0.39 is 0 Å². The van der Waals surface area contributed by atoms with Gasteiger partial charge in [-0.2, -0.15) is 10.4 Å². The summed E-state index contributed by atoms with van der Waals surface area (Å²) < 4.78 is 1.94. The standard InChI is InChI=1S/C15H14ClN3/c1-10-2-5-13(9-14(10)16)19-15(11-3-4-11)8-12(18-19)6-7-17/h2,5,8-9,11H,3-4,6H2,1H3. The number of nitriles is 1. The minimum atomic E-state index is 0.353. The maximum absolute atomic E-state index is 8.80. The molecule has 2 aromatic rings. The summed E-state index contributed by atoms with van der Waals surface area (Å²) in [7, 11) is 0. The van der Waals surface area contributed by atoms with E-state index in [1.165, 1.54) is 18.5 Å². The van der Waals surface area contributed by atoms with Crippen LogP contribution in [0.4, 0.5) is 0 Å². The summed E-state index contributed by atoms with van der Waals surface area (Å²) in [6, 6.07) is 10.2. The minimum Gasteiger partial charge on any atom is -0.237 e. The lowest BCUT2D eigenvalue weighted by Crippen LogP contribution is -2.01. The van der Waals surface area contributed by atoms with Crippen LogP contribution in [-0.2, 0) is 6.42 Å². The molecule has 3 rings (SSSR count). The van der Waals surface area contributed by atoms with Gasteiger partial charge in [0, 0.05) is 16.6 Å². The molecule has 96 valence electrons. The summed E-state index contributed by atoms with van der Waals surface area (Å²) in [5, 5.41) is 14.1. The van der Waals surface area contributed by atoms with Crippen LogP contribution in [0.5, 0.6) is 0 Å². The van der Waals surface area contributed by atoms with Crippen LogP contribution in [0.25, 0.3) is 5.69 Å². The summed E-state index contributed by atoms with van der Waals surface area (Å²) in [4.78, 5) is 0. The Morgan fingerprint density at radius 1 is 1.42 bits per heavy atom. The molecule has 0 radical (unpaired) electrons. The van der Waals surface area contributed by atoms with Crippen LogP contribution in [0.3, 0.4) is 0 Å². The molecule has 1 aliphatic carbocycles. The van der Waals surface area contributed by atoms with Gasteiger partial charge in [0.15, 0.2) is 0 Å². The molecule has 0 bridgehead atoms. The quantitative estimate of drug-likeness (QED) is 0.852. The predicted octanol–water partition coefficient (Wildman–Crippen LogP) is 3.78. The van der Waals surface area contributed by atoms with Crippen molar-refractivity contribution < 1.29 is 0 Å². The van der Waals surface area contributed by atoms with Gasteiger partial charge in [0.05, 0.1) is 23.9 Å². The van der Waals surface area contributed by atoms with Crippen molar-refractivity contribution in [2.75, 3.05) is 0 Å². The highest BCUT2D eigenvalue weighted by molar-refractivity contribution is 6.31. The molecule has 1 aromatic carbocycles. The fraction of sp³-hybridized carbons (Fsp3) is 0.333. The summed E-state index contributed by atoms with van der Waals surface area (Å²) in [6.45, 7) is 1.98. The average Bonchev–Trinajstić information content (AvgIpc) is 3.15. The highest BCUT2D eigenvalue weighted by atomic mass is 35.5. The van der Waals surface area contributed by atoms with Gasteiger partial charge >= 0.3 is 0 Å². The van der Waals surface area contributed by atoms with Crippen molar-refractivity contribution in [2.24, 2.45) is 0 Å². The first kappa shape index (κ1) is 12.3. The number of aromatic nitrogens is 2. The Morgan fingerprint density at radius 2 is 2.21 bits per heavy atom. The second-order valence-corrected chi connectivity index (χ2v) is 5.42. The van der Waals surface area contributed by atoms with Crippen LogP contribution in [0.2, 0.25) is 5.02 Å². The van der Waals surface area contributed by atoms with Gasteiger partial charge in [-0.15, -0.1) is 0 Å². The molecule has 19 heavy (non-hydrogen) atoms.